The van der Waals surface area contributed by atoms with Gasteiger partial charge in [0.2, 0.25) is 0 Å². The van der Waals surface area contributed by atoms with Crippen LogP contribution >= 0.6 is 0 Å². The highest BCUT2D eigenvalue weighted by molar-refractivity contribution is 6.04. The number of benzene rings is 1. The minimum atomic E-state index is -4.38. The number of hydrogen-bond acceptors (Lipinski definition) is 3. The summed E-state index contributed by atoms with van der Waals surface area (Å²) in [5.74, 6) is -0.262. The van der Waals surface area contributed by atoms with Gasteiger partial charge in [-0.1, -0.05) is 18.6 Å². The van der Waals surface area contributed by atoms with E-state index in [4.69, 9.17) is 0 Å². The summed E-state index contributed by atoms with van der Waals surface area (Å²) in [5, 5.41) is 0. The van der Waals surface area contributed by atoms with E-state index in [0.29, 0.717) is 6.04 Å². The normalized spacial score (nSPS) is 22.3. The van der Waals surface area contributed by atoms with Gasteiger partial charge in [-0.3, -0.25) is 4.79 Å². The smallest absolute Gasteiger partial charge is 0.373 e. The van der Waals surface area contributed by atoms with Crippen molar-refractivity contribution in [2.75, 3.05) is 26.2 Å². The Balaban J connectivity index is 1.58. The molecule has 3 nitrogen and oxygen atoms in total. The highest BCUT2D eigenvalue weighted by atomic mass is 19.4. The molecule has 0 N–H and O–H groups in total. The van der Waals surface area contributed by atoms with Crippen LogP contribution in [0.4, 0.5) is 13.2 Å². The second-order valence-corrected chi connectivity index (χ2v) is 7.15. The van der Waals surface area contributed by atoms with Gasteiger partial charge in [0.05, 0.1) is 5.56 Å². The maximum absolute atomic E-state index is 12.6. The number of piperidine rings is 1. The number of likely N-dealkylation sites (tertiary alicyclic amines) is 2. The summed E-state index contributed by atoms with van der Waals surface area (Å²) in [6, 6.07) is 4.81. The second kappa shape index (κ2) is 8.25. The molecule has 2 fully saturated rings. The van der Waals surface area contributed by atoms with E-state index >= 15 is 0 Å². The Morgan fingerprint density at radius 3 is 2.38 bits per heavy atom. The number of ketones is 1. The van der Waals surface area contributed by atoms with Crippen LogP contribution in [0.25, 0.3) is 0 Å². The Morgan fingerprint density at radius 1 is 1.04 bits per heavy atom. The molecule has 0 saturated carbocycles. The van der Waals surface area contributed by atoms with Crippen LogP contribution in [0, 0.1) is 0 Å². The first-order chi connectivity index (χ1) is 12.4. The highest BCUT2D eigenvalue weighted by Crippen LogP contribution is 2.29. The Labute approximate surface area is 152 Å². The quantitative estimate of drug-likeness (QED) is 0.572. The third-order valence-electron chi connectivity index (χ3n) is 5.25. The molecular weight excluding hydrogens is 341 g/mol. The maximum atomic E-state index is 12.6. The number of nitrogens with zero attached hydrogens (tertiary/aromatic N) is 2. The Morgan fingerprint density at radius 2 is 1.73 bits per heavy atom. The van der Waals surface area contributed by atoms with Crippen molar-refractivity contribution >= 4 is 5.78 Å². The van der Waals surface area contributed by atoms with Crippen LogP contribution in [0.15, 0.2) is 36.5 Å². The molecule has 1 aromatic rings. The number of halogens is 3. The predicted octanol–water partition coefficient (Wildman–Crippen LogP) is 4.35. The van der Waals surface area contributed by atoms with Crippen LogP contribution in [0.2, 0.25) is 0 Å². The van der Waals surface area contributed by atoms with Crippen molar-refractivity contribution in [3.63, 3.8) is 0 Å². The average molecular weight is 366 g/mol. The molecule has 2 saturated heterocycles. The average Bonchev–Trinajstić information content (AvgIpc) is 3.07. The fourth-order valence-electron chi connectivity index (χ4n) is 3.77. The fourth-order valence-corrected chi connectivity index (χ4v) is 3.77. The molecule has 0 amide bonds. The second-order valence-electron chi connectivity index (χ2n) is 7.15. The summed E-state index contributed by atoms with van der Waals surface area (Å²) >= 11 is 0. The molecule has 0 aliphatic carbocycles. The standard InChI is InChI=1S/C20H25F3N2O/c21-20(22,23)17-8-6-16(7-9-17)19(26)10-14-25-13-4-5-18(25)15-24-11-2-1-3-12-24/h6-10,14,18H,1-5,11-13,15H2/t18-/m1/s1. The van der Waals surface area contributed by atoms with Crippen molar-refractivity contribution in [2.45, 2.75) is 44.3 Å². The topological polar surface area (TPSA) is 23.6 Å². The first kappa shape index (κ1) is 19.0. The van der Waals surface area contributed by atoms with Crippen molar-refractivity contribution in [2.24, 2.45) is 0 Å². The molecule has 0 aromatic heterocycles. The number of allylic oxidation sites excluding steroid dienone is 1. The maximum Gasteiger partial charge on any atom is 0.416 e. The summed E-state index contributed by atoms with van der Waals surface area (Å²) < 4.78 is 37.8. The van der Waals surface area contributed by atoms with Gasteiger partial charge in [0.25, 0.3) is 0 Å². The van der Waals surface area contributed by atoms with E-state index < -0.39 is 11.7 Å². The molecular formula is C20H25F3N2O. The van der Waals surface area contributed by atoms with Gasteiger partial charge in [0, 0.05) is 37.0 Å². The van der Waals surface area contributed by atoms with Crippen molar-refractivity contribution in [1.82, 2.24) is 9.80 Å². The minimum absolute atomic E-state index is 0.262. The highest BCUT2D eigenvalue weighted by Gasteiger charge is 2.30. The van der Waals surface area contributed by atoms with Crippen LogP contribution in [-0.4, -0.2) is 47.8 Å². The van der Waals surface area contributed by atoms with Crippen LogP contribution in [0.1, 0.15) is 48.0 Å². The number of carbonyl (C=O) groups excluding carboxylic acids is 1. The molecule has 26 heavy (non-hydrogen) atoms. The Bertz CT molecular complexity index is 633. The lowest BCUT2D eigenvalue weighted by Gasteiger charge is -2.32. The molecule has 1 atom stereocenters. The van der Waals surface area contributed by atoms with E-state index in [0.717, 1.165) is 51.2 Å². The van der Waals surface area contributed by atoms with Crippen molar-refractivity contribution in [3.8, 4) is 0 Å². The van der Waals surface area contributed by atoms with Gasteiger partial charge in [-0.05, 0) is 50.9 Å². The lowest BCUT2D eigenvalue weighted by atomic mass is 10.1. The Hall–Kier alpha value is -1.82. The third-order valence-corrected chi connectivity index (χ3v) is 5.25. The Kier molecular flexibility index (Phi) is 6.01. The molecule has 2 aliphatic rings. The zero-order valence-corrected chi connectivity index (χ0v) is 14.8. The molecule has 142 valence electrons. The molecule has 1 aromatic carbocycles. The van der Waals surface area contributed by atoms with Gasteiger partial charge in [-0.15, -0.1) is 0 Å². The summed E-state index contributed by atoms with van der Waals surface area (Å²) in [6.07, 6.45) is 4.98. The van der Waals surface area contributed by atoms with Crippen molar-refractivity contribution in [1.29, 1.82) is 0 Å². The van der Waals surface area contributed by atoms with E-state index in [1.807, 2.05) is 6.20 Å². The number of alkyl halides is 3. The molecule has 3 rings (SSSR count). The van der Waals surface area contributed by atoms with E-state index in [1.54, 1.807) is 0 Å². The van der Waals surface area contributed by atoms with E-state index in [2.05, 4.69) is 9.80 Å². The van der Waals surface area contributed by atoms with Gasteiger partial charge in [0.1, 0.15) is 0 Å². The molecule has 0 unspecified atom stereocenters. The molecule has 0 spiro atoms. The van der Waals surface area contributed by atoms with Crippen LogP contribution < -0.4 is 0 Å². The largest absolute Gasteiger partial charge is 0.416 e. The molecule has 2 aliphatic heterocycles. The fraction of sp³-hybridized carbons (Fsp3) is 0.550. The van der Waals surface area contributed by atoms with Gasteiger partial charge >= 0.3 is 6.18 Å². The summed E-state index contributed by atoms with van der Waals surface area (Å²) in [6.45, 7) is 4.26. The predicted molar refractivity (Wildman–Crippen MR) is 94.9 cm³/mol. The lowest BCUT2D eigenvalue weighted by Crippen LogP contribution is -2.40. The zero-order valence-electron chi connectivity index (χ0n) is 14.8. The molecule has 0 radical (unpaired) electrons. The number of hydrogen-bond donors (Lipinski definition) is 0. The van der Waals surface area contributed by atoms with Crippen molar-refractivity contribution < 1.29 is 18.0 Å². The first-order valence-corrected chi connectivity index (χ1v) is 9.31. The monoisotopic (exact) mass is 366 g/mol. The van der Waals surface area contributed by atoms with Gasteiger partial charge in [-0.25, -0.2) is 0 Å². The van der Waals surface area contributed by atoms with Gasteiger partial charge in [-0.2, -0.15) is 13.2 Å². The third kappa shape index (κ3) is 4.87. The van der Waals surface area contributed by atoms with E-state index in [9.17, 15) is 18.0 Å². The van der Waals surface area contributed by atoms with Crippen LogP contribution in [0.3, 0.4) is 0 Å². The SMILES string of the molecule is O=C(C=CN1CCC[C@@H]1CN1CCCCC1)c1ccc(C(F)(F)F)cc1. The van der Waals surface area contributed by atoms with Crippen molar-refractivity contribution in [3.05, 3.63) is 47.7 Å². The van der Waals surface area contributed by atoms with E-state index in [-0.39, 0.29) is 11.3 Å². The van der Waals surface area contributed by atoms with Gasteiger partial charge < -0.3 is 9.80 Å². The molecule has 0 bridgehead atoms. The molecule has 2 heterocycles. The van der Waals surface area contributed by atoms with E-state index in [1.165, 1.54) is 37.5 Å². The number of rotatable bonds is 5. The number of carbonyl (C=O) groups is 1. The summed E-state index contributed by atoms with van der Waals surface area (Å²) in [7, 11) is 0. The zero-order chi connectivity index (χ0) is 18.6. The minimum Gasteiger partial charge on any atom is -0.373 e. The first-order valence-electron chi connectivity index (χ1n) is 9.31. The summed E-state index contributed by atoms with van der Waals surface area (Å²) in [5.41, 5.74) is -0.458. The molecule has 6 heteroatoms. The van der Waals surface area contributed by atoms with Crippen LogP contribution in [0.5, 0.6) is 0 Å². The van der Waals surface area contributed by atoms with Crippen LogP contribution in [-0.2, 0) is 6.18 Å². The lowest BCUT2D eigenvalue weighted by molar-refractivity contribution is -0.137. The summed E-state index contributed by atoms with van der Waals surface area (Å²) in [4.78, 5) is 17.0. The van der Waals surface area contributed by atoms with Gasteiger partial charge in [0.15, 0.2) is 5.78 Å².